The highest BCUT2D eigenvalue weighted by Gasteiger charge is 2.25. The Labute approximate surface area is 128 Å². The molecule has 3 nitrogen and oxygen atoms in total. The number of halogens is 1. The van der Waals surface area contributed by atoms with Gasteiger partial charge < -0.3 is 4.90 Å². The first-order valence-corrected chi connectivity index (χ1v) is 7.06. The number of carbonyl (C=O) groups is 2. The topological polar surface area (TPSA) is 37.4 Å². The van der Waals surface area contributed by atoms with Crippen LogP contribution in [0, 0.1) is 6.92 Å². The van der Waals surface area contributed by atoms with Gasteiger partial charge in [-0.2, -0.15) is 0 Å². The summed E-state index contributed by atoms with van der Waals surface area (Å²) in [6.45, 7) is 1.83. The Morgan fingerprint density at radius 1 is 1.24 bits per heavy atom. The van der Waals surface area contributed by atoms with Gasteiger partial charge in [-0.3, -0.25) is 9.59 Å². The van der Waals surface area contributed by atoms with Gasteiger partial charge in [-0.05, 0) is 42.3 Å². The van der Waals surface area contributed by atoms with Gasteiger partial charge in [0.2, 0.25) is 5.91 Å². The number of rotatable bonds is 2. The summed E-state index contributed by atoms with van der Waals surface area (Å²) in [6.07, 6.45) is 0.349. The molecule has 0 saturated carbocycles. The number of carbonyl (C=O) groups excluding carboxylic acids is 2. The maximum Gasteiger partial charge on any atom is 0.231 e. The molecule has 2 aromatic carbocycles. The van der Waals surface area contributed by atoms with Crippen molar-refractivity contribution < 1.29 is 9.59 Å². The standard InChI is InChI=1S/C17H14ClNO2/c1-10-13(4-3-5-14(10)18)17(21)11-6-7-15-12(8-11)9-16(20)19(15)2/h3-8H,9H2,1-2H3. The third-order valence-corrected chi connectivity index (χ3v) is 4.34. The molecular formula is C17H14ClNO2. The van der Waals surface area contributed by atoms with E-state index in [1.54, 1.807) is 42.3 Å². The van der Waals surface area contributed by atoms with Crippen LogP contribution in [0.15, 0.2) is 36.4 Å². The van der Waals surface area contributed by atoms with Crippen molar-refractivity contribution in [2.45, 2.75) is 13.3 Å². The number of fused-ring (bicyclic) bond motifs is 1. The first-order chi connectivity index (χ1) is 9.99. The van der Waals surface area contributed by atoms with E-state index in [2.05, 4.69) is 0 Å². The molecule has 2 aromatic rings. The number of amides is 1. The summed E-state index contributed by atoms with van der Waals surface area (Å²) in [6, 6.07) is 10.7. The molecule has 0 bridgehead atoms. The molecule has 21 heavy (non-hydrogen) atoms. The predicted molar refractivity (Wildman–Crippen MR) is 83.2 cm³/mol. The second-order valence-electron chi connectivity index (χ2n) is 5.21. The normalized spacial score (nSPS) is 13.5. The van der Waals surface area contributed by atoms with E-state index in [0.29, 0.717) is 22.6 Å². The molecule has 1 aliphatic rings. The van der Waals surface area contributed by atoms with E-state index in [1.165, 1.54) is 0 Å². The molecule has 1 aliphatic heterocycles. The largest absolute Gasteiger partial charge is 0.315 e. The minimum Gasteiger partial charge on any atom is -0.315 e. The molecule has 0 atom stereocenters. The fraction of sp³-hybridized carbons (Fsp3) is 0.176. The summed E-state index contributed by atoms with van der Waals surface area (Å²) in [7, 11) is 1.75. The lowest BCUT2D eigenvalue weighted by Gasteiger charge is -2.11. The van der Waals surface area contributed by atoms with Crippen molar-refractivity contribution in [1.29, 1.82) is 0 Å². The summed E-state index contributed by atoms with van der Waals surface area (Å²) >= 11 is 6.07. The van der Waals surface area contributed by atoms with Crippen LogP contribution in [0.2, 0.25) is 5.02 Å². The third-order valence-electron chi connectivity index (χ3n) is 3.93. The SMILES string of the molecule is Cc1c(Cl)cccc1C(=O)c1ccc2c(c1)CC(=O)N2C. The molecule has 0 N–H and O–H groups in total. The van der Waals surface area contributed by atoms with Gasteiger partial charge in [-0.15, -0.1) is 0 Å². The Morgan fingerprint density at radius 2 is 2.00 bits per heavy atom. The highest BCUT2D eigenvalue weighted by molar-refractivity contribution is 6.32. The van der Waals surface area contributed by atoms with E-state index in [4.69, 9.17) is 11.6 Å². The van der Waals surface area contributed by atoms with E-state index in [1.807, 2.05) is 13.0 Å². The Balaban J connectivity index is 2.02. The minimum atomic E-state index is -0.0696. The van der Waals surface area contributed by atoms with Gasteiger partial charge in [-0.25, -0.2) is 0 Å². The van der Waals surface area contributed by atoms with Crippen molar-refractivity contribution in [3.63, 3.8) is 0 Å². The van der Waals surface area contributed by atoms with E-state index in [0.717, 1.165) is 16.8 Å². The van der Waals surface area contributed by atoms with Crippen molar-refractivity contribution >= 4 is 29.0 Å². The van der Waals surface area contributed by atoms with Gasteiger partial charge in [0.05, 0.1) is 6.42 Å². The van der Waals surface area contributed by atoms with Crippen molar-refractivity contribution in [2.24, 2.45) is 0 Å². The molecule has 0 radical (unpaired) electrons. The van der Waals surface area contributed by atoms with Gasteiger partial charge in [0.1, 0.15) is 0 Å². The van der Waals surface area contributed by atoms with Crippen LogP contribution >= 0.6 is 11.6 Å². The molecule has 0 fully saturated rings. The van der Waals surface area contributed by atoms with Gasteiger partial charge in [0.25, 0.3) is 0 Å². The van der Waals surface area contributed by atoms with Crippen molar-refractivity contribution in [1.82, 2.24) is 0 Å². The summed E-state index contributed by atoms with van der Waals surface area (Å²) in [5.41, 5.74) is 3.73. The van der Waals surface area contributed by atoms with Crippen molar-refractivity contribution in [3.8, 4) is 0 Å². The second-order valence-corrected chi connectivity index (χ2v) is 5.62. The quantitative estimate of drug-likeness (QED) is 0.797. The lowest BCUT2D eigenvalue weighted by Crippen LogP contribution is -2.20. The smallest absolute Gasteiger partial charge is 0.231 e. The fourth-order valence-corrected chi connectivity index (χ4v) is 2.79. The van der Waals surface area contributed by atoms with Crippen LogP contribution in [-0.2, 0) is 11.2 Å². The average Bonchev–Trinajstić information content (AvgIpc) is 2.76. The average molecular weight is 300 g/mol. The van der Waals surface area contributed by atoms with Gasteiger partial charge in [-0.1, -0.05) is 23.7 Å². The number of ketones is 1. The monoisotopic (exact) mass is 299 g/mol. The highest BCUT2D eigenvalue weighted by Crippen LogP contribution is 2.29. The molecule has 0 aromatic heterocycles. The zero-order valence-corrected chi connectivity index (χ0v) is 12.6. The first-order valence-electron chi connectivity index (χ1n) is 6.68. The van der Waals surface area contributed by atoms with Crippen LogP contribution in [0.5, 0.6) is 0 Å². The Hall–Kier alpha value is -2.13. The summed E-state index contributed by atoms with van der Waals surface area (Å²) in [4.78, 5) is 25.9. The minimum absolute atomic E-state index is 0.0496. The molecule has 0 spiro atoms. The Bertz CT molecular complexity index is 767. The summed E-state index contributed by atoms with van der Waals surface area (Å²) in [5.74, 6) is -0.0201. The highest BCUT2D eigenvalue weighted by atomic mass is 35.5. The van der Waals surface area contributed by atoms with Crippen LogP contribution < -0.4 is 4.90 Å². The maximum absolute atomic E-state index is 12.6. The Morgan fingerprint density at radius 3 is 2.76 bits per heavy atom. The molecule has 106 valence electrons. The predicted octanol–water partition coefficient (Wildman–Crippen LogP) is 3.40. The maximum atomic E-state index is 12.6. The number of hydrogen-bond acceptors (Lipinski definition) is 2. The van der Waals surface area contributed by atoms with Crippen molar-refractivity contribution in [3.05, 3.63) is 63.7 Å². The molecule has 1 heterocycles. The van der Waals surface area contributed by atoms with Gasteiger partial charge in [0, 0.05) is 28.9 Å². The molecule has 0 aliphatic carbocycles. The number of benzene rings is 2. The summed E-state index contributed by atoms with van der Waals surface area (Å²) < 4.78 is 0. The van der Waals surface area contributed by atoms with Crippen LogP contribution in [0.4, 0.5) is 5.69 Å². The van der Waals surface area contributed by atoms with Crippen LogP contribution in [-0.4, -0.2) is 18.7 Å². The van der Waals surface area contributed by atoms with Gasteiger partial charge >= 0.3 is 0 Å². The fourth-order valence-electron chi connectivity index (χ4n) is 2.62. The molecule has 0 unspecified atom stereocenters. The zero-order valence-electron chi connectivity index (χ0n) is 11.8. The molecule has 4 heteroatoms. The second kappa shape index (κ2) is 5.01. The number of hydrogen-bond donors (Lipinski definition) is 0. The summed E-state index contributed by atoms with van der Waals surface area (Å²) in [5, 5.41) is 0.580. The van der Waals surface area contributed by atoms with Crippen LogP contribution in [0.25, 0.3) is 0 Å². The van der Waals surface area contributed by atoms with E-state index in [-0.39, 0.29) is 11.7 Å². The molecule has 3 rings (SSSR count). The molecular weight excluding hydrogens is 286 g/mol. The molecule has 1 amide bonds. The Kier molecular flexibility index (Phi) is 3.30. The number of nitrogens with zero attached hydrogens (tertiary/aromatic N) is 1. The van der Waals surface area contributed by atoms with E-state index < -0.39 is 0 Å². The van der Waals surface area contributed by atoms with E-state index >= 15 is 0 Å². The number of likely N-dealkylation sites (N-methyl/N-ethyl adjacent to an activating group) is 1. The zero-order chi connectivity index (χ0) is 15.1. The molecule has 0 saturated heterocycles. The lowest BCUT2D eigenvalue weighted by atomic mass is 9.97. The lowest BCUT2D eigenvalue weighted by molar-refractivity contribution is -0.117. The third kappa shape index (κ3) is 2.24. The van der Waals surface area contributed by atoms with E-state index in [9.17, 15) is 9.59 Å². The van der Waals surface area contributed by atoms with Gasteiger partial charge in [0.15, 0.2) is 5.78 Å². The van der Waals surface area contributed by atoms with Crippen LogP contribution in [0.3, 0.4) is 0 Å². The number of anilines is 1. The van der Waals surface area contributed by atoms with Crippen LogP contribution in [0.1, 0.15) is 27.0 Å². The first kappa shape index (κ1) is 13.8. The van der Waals surface area contributed by atoms with Crippen molar-refractivity contribution in [2.75, 3.05) is 11.9 Å².